The Hall–Kier alpha value is -1.64. The van der Waals surface area contributed by atoms with Crippen molar-refractivity contribution >= 4 is 5.97 Å². The minimum absolute atomic E-state index is 0.0554. The molecule has 1 fully saturated rings. The first-order chi connectivity index (χ1) is 15.1. The molecule has 2 rings (SSSR count). The molecule has 8 heteroatoms. The second-order valence-electron chi connectivity index (χ2n) is 9.01. The van der Waals surface area contributed by atoms with Gasteiger partial charge in [0.2, 0.25) is 0 Å². The quantitative estimate of drug-likeness (QED) is 0.324. The summed E-state index contributed by atoms with van der Waals surface area (Å²) in [6.45, 7) is 0. The van der Waals surface area contributed by atoms with Gasteiger partial charge < -0.3 is 20.4 Å². The molecule has 1 aromatic carbocycles. The molecule has 5 atom stereocenters. The third-order valence-corrected chi connectivity index (χ3v) is 6.55. The second kappa shape index (κ2) is 12.6. The van der Waals surface area contributed by atoms with Crippen LogP contribution in [0.5, 0.6) is 0 Å². The van der Waals surface area contributed by atoms with Crippen molar-refractivity contribution in [1.29, 1.82) is 0 Å². The first-order valence-electron chi connectivity index (χ1n) is 11.5. The van der Waals surface area contributed by atoms with Crippen molar-refractivity contribution in [1.82, 2.24) is 0 Å². The van der Waals surface area contributed by atoms with Crippen molar-refractivity contribution in [3.05, 3.63) is 35.4 Å². The molecular weight excluding hydrogens is 425 g/mol. The molecule has 5 unspecified atom stereocenters. The van der Waals surface area contributed by atoms with E-state index in [1.807, 2.05) is 0 Å². The number of hydrogen-bond acceptors (Lipinski definition) is 4. The summed E-state index contributed by atoms with van der Waals surface area (Å²) < 4.78 is 38.5. The molecule has 0 amide bonds. The first-order valence-corrected chi connectivity index (χ1v) is 11.5. The Bertz CT molecular complexity index is 709. The monoisotopic (exact) mass is 460 g/mol. The van der Waals surface area contributed by atoms with Crippen LogP contribution in [0.15, 0.2) is 24.3 Å². The summed E-state index contributed by atoms with van der Waals surface area (Å²) >= 11 is 0. The number of halogens is 3. The fourth-order valence-electron chi connectivity index (χ4n) is 4.76. The van der Waals surface area contributed by atoms with Crippen molar-refractivity contribution < 1.29 is 38.4 Å². The van der Waals surface area contributed by atoms with E-state index in [0.717, 1.165) is 37.8 Å². The molecule has 1 aliphatic rings. The number of rotatable bonds is 13. The van der Waals surface area contributed by atoms with Crippen LogP contribution in [0.25, 0.3) is 0 Å². The summed E-state index contributed by atoms with van der Waals surface area (Å²) in [4.78, 5) is 10.5. The Balaban J connectivity index is 1.75. The lowest BCUT2D eigenvalue weighted by Crippen LogP contribution is -2.24. The van der Waals surface area contributed by atoms with E-state index in [0.29, 0.717) is 44.1 Å². The van der Waals surface area contributed by atoms with Gasteiger partial charge in [0.1, 0.15) is 0 Å². The predicted molar refractivity (Wildman–Crippen MR) is 114 cm³/mol. The number of hydrogen-bond donors (Lipinski definition) is 4. The summed E-state index contributed by atoms with van der Waals surface area (Å²) in [5, 5.41) is 39.7. The number of aryl methyl sites for hydroxylation is 1. The summed E-state index contributed by atoms with van der Waals surface area (Å²) in [5.41, 5.74) is -0.172. The molecule has 1 aliphatic carbocycles. The molecule has 0 aromatic heterocycles. The standard InChI is InChI=1S/C24H35F3O5/c25-24(26,27)17-7-5-6-16(14-17)10-11-18(28)12-13-20-19(21(29)15-22(20)30)8-3-1-2-4-9-23(31)32/h5-7,14,18-22,28-30H,1-4,8-13,15H2,(H,31,32). The molecule has 5 nitrogen and oxygen atoms in total. The Morgan fingerprint density at radius 2 is 1.66 bits per heavy atom. The van der Waals surface area contributed by atoms with Crippen LogP contribution in [0.2, 0.25) is 0 Å². The molecule has 182 valence electrons. The predicted octanol–water partition coefficient (Wildman–Crippen LogP) is 4.56. The van der Waals surface area contributed by atoms with Gasteiger partial charge in [0, 0.05) is 6.42 Å². The van der Waals surface area contributed by atoms with Gasteiger partial charge in [-0.2, -0.15) is 13.2 Å². The molecule has 1 saturated carbocycles. The lowest BCUT2D eigenvalue weighted by molar-refractivity contribution is -0.138. The molecule has 0 spiro atoms. The number of alkyl halides is 3. The zero-order valence-electron chi connectivity index (χ0n) is 18.3. The lowest BCUT2D eigenvalue weighted by atomic mass is 9.84. The average molecular weight is 461 g/mol. The Labute approximate surface area is 187 Å². The highest BCUT2D eigenvalue weighted by atomic mass is 19.4. The Morgan fingerprint density at radius 1 is 1.00 bits per heavy atom. The fraction of sp³-hybridized carbons (Fsp3) is 0.708. The SMILES string of the molecule is O=C(O)CCCCCCC1C(O)CC(O)C1CCC(O)CCc1cccc(C(F)(F)F)c1. The van der Waals surface area contributed by atoms with E-state index < -0.39 is 36.0 Å². The summed E-state index contributed by atoms with van der Waals surface area (Å²) in [5.74, 6) is -0.974. The van der Waals surface area contributed by atoms with E-state index in [1.165, 1.54) is 6.07 Å². The van der Waals surface area contributed by atoms with Gasteiger partial charge in [-0.3, -0.25) is 4.79 Å². The highest BCUT2D eigenvalue weighted by Gasteiger charge is 2.40. The molecular formula is C24H35F3O5. The fourth-order valence-corrected chi connectivity index (χ4v) is 4.76. The molecule has 32 heavy (non-hydrogen) atoms. The first kappa shape index (κ1) is 26.6. The minimum atomic E-state index is -4.39. The van der Waals surface area contributed by atoms with Crippen LogP contribution in [0.1, 0.15) is 75.3 Å². The largest absolute Gasteiger partial charge is 0.481 e. The normalized spacial score (nSPS) is 24.6. The number of aliphatic hydroxyl groups excluding tert-OH is 3. The molecule has 4 N–H and O–H groups in total. The molecule has 0 heterocycles. The van der Waals surface area contributed by atoms with Gasteiger partial charge in [-0.1, -0.05) is 37.5 Å². The summed E-state index contributed by atoms with van der Waals surface area (Å²) in [7, 11) is 0. The number of carboxylic acid groups (broad SMARTS) is 1. The maximum atomic E-state index is 12.8. The van der Waals surface area contributed by atoms with E-state index in [9.17, 15) is 33.3 Å². The van der Waals surface area contributed by atoms with Crippen LogP contribution in [0, 0.1) is 11.8 Å². The number of aliphatic carboxylic acids is 1. The smallest absolute Gasteiger partial charge is 0.416 e. The number of unbranched alkanes of at least 4 members (excludes halogenated alkanes) is 3. The topological polar surface area (TPSA) is 98.0 Å². The van der Waals surface area contributed by atoms with E-state index in [4.69, 9.17) is 5.11 Å². The Kier molecular flexibility index (Phi) is 10.4. The summed E-state index contributed by atoms with van der Waals surface area (Å²) in [6.07, 6.45) is -0.267. The van der Waals surface area contributed by atoms with Crippen molar-refractivity contribution in [3.63, 3.8) is 0 Å². The minimum Gasteiger partial charge on any atom is -0.481 e. The number of carboxylic acids is 1. The molecule has 0 radical (unpaired) electrons. The lowest BCUT2D eigenvalue weighted by Gasteiger charge is -2.24. The van der Waals surface area contributed by atoms with Gasteiger partial charge in [-0.15, -0.1) is 0 Å². The van der Waals surface area contributed by atoms with Gasteiger partial charge in [0.05, 0.1) is 23.9 Å². The second-order valence-corrected chi connectivity index (χ2v) is 9.01. The van der Waals surface area contributed by atoms with Crippen LogP contribution in [-0.2, 0) is 17.4 Å². The van der Waals surface area contributed by atoms with E-state index in [1.54, 1.807) is 6.07 Å². The number of aliphatic hydroxyl groups is 3. The third-order valence-electron chi connectivity index (χ3n) is 6.55. The van der Waals surface area contributed by atoms with Gasteiger partial charge in [-0.05, 0) is 68.4 Å². The van der Waals surface area contributed by atoms with Gasteiger partial charge >= 0.3 is 12.1 Å². The Morgan fingerprint density at radius 3 is 2.31 bits per heavy atom. The summed E-state index contributed by atoms with van der Waals surface area (Å²) in [6, 6.07) is 5.12. The van der Waals surface area contributed by atoms with Crippen LogP contribution < -0.4 is 0 Å². The molecule has 0 bridgehead atoms. The number of carbonyl (C=O) groups is 1. The zero-order valence-corrected chi connectivity index (χ0v) is 18.3. The molecule has 0 aliphatic heterocycles. The maximum absolute atomic E-state index is 12.8. The van der Waals surface area contributed by atoms with Gasteiger partial charge in [0.15, 0.2) is 0 Å². The van der Waals surface area contributed by atoms with Gasteiger partial charge in [-0.25, -0.2) is 0 Å². The van der Waals surface area contributed by atoms with Gasteiger partial charge in [0.25, 0.3) is 0 Å². The average Bonchev–Trinajstić information content (AvgIpc) is 2.99. The maximum Gasteiger partial charge on any atom is 0.416 e. The highest BCUT2D eigenvalue weighted by molar-refractivity contribution is 5.66. The van der Waals surface area contributed by atoms with Crippen LogP contribution >= 0.6 is 0 Å². The van der Waals surface area contributed by atoms with Crippen LogP contribution in [-0.4, -0.2) is 44.7 Å². The van der Waals surface area contributed by atoms with Crippen molar-refractivity contribution in [3.8, 4) is 0 Å². The van der Waals surface area contributed by atoms with Crippen molar-refractivity contribution in [2.24, 2.45) is 11.8 Å². The van der Waals surface area contributed by atoms with E-state index in [-0.39, 0.29) is 18.3 Å². The zero-order chi connectivity index (χ0) is 23.7. The van der Waals surface area contributed by atoms with E-state index >= 15 is 0 Å². The van der Waals surface area contributed by atoms with Crippen LogP contribution in [0.3, 0.4) is 0 Å². The highest BCUT2D eigenvalue weighted by Crippen LogP contribution is 2.39. The van der Waals surface area contributed by atoms with Crippen molar-refractivity contribution in [2.45, 2.75) is 95.1 Å². The van der Waals surface area contributed by atoms with E-state index in [2.05, 4.69) is 0 Å². The third kappa shape index (κ3) is 8.71. The van der Waals surface area contributed by atoms with Crippen molar-refractivity contribution in [2.75, 3.05) is 0 Å². The molecule has 0 saturated heterocycles. The number of benzene rings is 1. The molecule has 1 aromatic rings. The van der Waals surface area contributed by atoms with Crippen LogP contribution in [0.4, 0.5) is 13.2 Å².